The Bertz CT molecular complexity index is 2910. The van der Waals surface area contributed by atoms with Gasteiger partial charge in [0.1, 0.15) is 127 Å². The van der Waals surface area contributed by atoms with Gasteiger partial charge in [-0.15, -0.1) is 5.10 Å². The van der Waals surface area contributed by atoms with Crippen molar-refractivity contribution >= 4 is 40.9 Å². The first kappa shape index (κ1) is 88.1. The molecule has 28 atom stereocenters. The monoisotopic (exact) mass is 1500 g/mol. The number of aliphatic carboxylic acids is 1. The van der Waals surface area contributed by atoms with Crippen LogP contribution in [0.25, 0.3) is 17.2 Å². The number of carbonyl (C=O) groups is 4. The number of carboxylic acid groups (broad SMARTS) is 1. The van der Waals surface area contributed by atoms with E-state index in [1.165, 1.54) is 74.7 Å². The van der Waals surface area contributed by atoms with E-state index in [2.05, 4.69) is 33.2 Å². The molecule has 2 aromatic rings. The zero-order valence-corrected chi connectivity index (χ0v) is 58.9. The molecule has 104 heavy (non-hydrogen) atoms. The molecule has 2 unspecified atom stereocenters. The summed E-state index contributed by atoms with van der Waals surface area (Å²) < 4.78 is 61.0. The molecule has 7 rings (SSSR count). The number of benzene rings is 1. The van der Waals surface area contributed by atoms with Crippen LogP contribution in [0.4, 0.5) is 0 Å². The topological polar surface area (TPSA) is 611 Å². The number of carbonyl (C=O) groups excluding carboxylic acids is 4. The number of ether oxygens (including phenoxy) is 10. The highest BCUT2D eigenvalue weighted by Crippen LogP contribution is 2.41. The predicted octanol–water partition coefficient (Wildman–Crippen LogP) is -6.34. The van der Waals surface area contributed by atoms with E-state index in [1.54, 1.807) is 24.3 Å². The Morgan fingerprint density at radius 1 is 0.615 bits per heavy atom. The molecule has 38 nitrogen and oxygen atoms in total. The fourth-order valence-corrected chi connectivity index (χ4v) is 13.3. The van der Waals surface area contributed by atoms with Crippen molar-refractivity contribution in [1.29, 1.82) is 0 Å². The molecule has 1 aromatic heterocycles. The maximum atomic E-state index is 13.7. The number of aromatic nitrogens is 3. The third kappa shape index (κ3) is 23.1. The average Bonchev–Trinajstić information content (AvgIpc) is 0.837. The summed E-state index contributed by atoms with van der Waals surface area (Å²) in [5.41, 5.74) is 1.12. The number of unbranched alkanes of at least 4 members (excludes halogenated alkanes) is 14. The molecule has 5 saturated heterocycles. The molecule has 0 aliphatic carbocycles. The predicted molar refractivity (Wildman–Crippen MR) is 354 cm³/mol. The van der Waals surface area contributed by atoms with Crippen LogP contribution in [0.2, 0.25) is 0 Å². The lowest BCUT2D eigenvalue weighted by Gasteiger charge is -2.54. The van der Waals surface area contributed by atoms with E-state index in [1.807, 2.05) is 0 Å². The molecular formula is C66H111N7O31. The molecule has 6 heterocycles. The molecule has 5 aliphatic heterocycles. The number of aliphatic hydroxyl groups excluding tert-OH is 16. The van der Waals surface area contributed by atoms with Gasteiger partial charge >= 0.3 is 0 Å². The highest BCUT2D eigenvalue weighted by molar-refractivity contribution is 5.77. The number of amides is 3. The highest BCUT2D eigenvalue weighted by Gasteiger charge is 2.61. The van der Waals surface area contributed by atoms with Crippen LogP contribution in [0.3, 0.4) is 0 Å². The molecule has 0 spiro atoms. The van der Waals surface area contributed by atoms with Crippen LogP contribution in [0, 0.1) is 0 Å². The maximum absolute atomic E-state index is 13.7. The van der Waals surface area contributed by atoms with Crippen LogP contribution in [0.5, 0.6) is 0 Å². The Kier molecular flexibility index (Phi) is 36.2. The van der Waals surface area contributed by atoms with Gasteiger partial charge < -0.3 is 161 Å². The molecule has 3 amide bonds. The molecule has 5 fully saturated rings. The Morgan fingerprint density at radius 3 is 1.71 bits per heavy atom. The third-order valence-electron chi connectivity index (χ3n) is 19.1. The van der Waals surface area contributed by atoms with Crippen molar-refractivity contribution in [2.45, 2.75) is 301 Å². The summed E-state index contributed by atoms with van der Waals surface area (Å²) in [6.45, 7) is -2.17. The molecular weight excluding hydrogens is 1390 g/mol. The summed E-state index contributed by atoms with van der Waals surface area (Å²) in [5, 5.41) is 207. The number of aliphatic hydroxyl groups is 16. The van der Waals surface area contributed by atoms with Crippen molar-refractivity contribution in [3.63, 3.8) is 0 Å². The average molecular weight is 1500 g/mol. The number of carboxylic acids is 1. The van der Waals surface area contributed by atoms with Gasteiger partial charge in [0.2, 0.25) is 23.5 Å². The number of nitrogens with one attached hydrogen (secondary N) is 3. The van der Waals surface area contributed by atoms with Gasteiger partial charge in [0, 0.05) is 32.9 Å². The SMILES string of the molecule is CCCCCCCCCCCCCCCCCC(=O)N[C@@H](CO[C@@H]1O[C@H](CO)[C@@H](O[C@@H]2O[C@H](CO)[C@H](O[C@@H]3O[C@H](CO)[C@H](O)[C@H](O[C@@H]4O[C@H](CO)[C@H](O)[C@H](O)[C@H]4O)[C@H]3NC(C)=O)[C@H](O[C@]3(C(=O)[O-])C[C@H](O)C(NC(C)=O)C([C@H](O)[C@H](O)CO)O3)[C@H]2O)[C@H](O)[C@H]1O)[C@H](O)/C=C/n1nnc2ccccc21.[NH4+]. The van der Waals surface area contributed by atoms with Gasteiger partial charge in [-0.25, -0.2) is 4.68 Å². The summed E-state index contributed by atoms with van der Waals surface area (Å²) in [4.78, 5) is 52.8. The number of nitrogens with zero attached hydrogens (tertiary/aromatic N) is 3. The lowest BCUT2D eigenvalue weighted by molar-refractivity contribution is -0.421. The second kappa shape index (κ2) is 42.8. The minimum absolute atomic E-state index is 0. The third-order valence-corrected chi connectivity index (χ3v) is 19.1. The molecule has 38 heteroatoms. The second-order valence-electron chi connectivity index (χ2n) is 26.9. The molecule has 23 N–H and O–H groups in total. The fraction of sp³-hybridized carbons (Fsp3) is 0.818. The van der Waals surface area contributed by atoms with E-state index < -0.39 is 241 Å². The van der Waals surface area contributed by atoms with Crippen molar-refractivity contribution in [2.75, 3.05) is 39.6 Å². The van der Waals surface area contributed by atoms with Crippen molar-refractivity contribution in [3.05, 3.63) is 30.3 Å². The summed E-state index contributed by atoms with van der Waals surface area (Å²) in [7, 11) is 0. The number of hydrogen-bond acceptors (Lipinski definition) is 33. The van der Waals surface area contributed by atoms with Gasteiger partial charge in [-0.3, -0.25) is 14.4 Å². The molecule has 1 aromatic carbocycles. The van der Waals surface area contributed by atoms with Crippen molar-refractivity contribution in [1.82, 2.24) is 37.1 Å². The van der Waals surface area contributed by atoms with Crippen molar-refractivity contribution in [2.24, 2.45) is 0 Å². The minimum Gasteiger partial charge on any atom is -0.544 e. The maximum Gasteiger partial charge on any atom is 0.220 e. The quantitative estimate of drug-likeness (QED) is 0.0275. The number of fused-ring (bicyclic) bond motifs is 1. The lowest BCUT2D eigenvalue weighted by atomic mass is 9.88. The first-order valence-electron chi connectivity index (χ1n) is 35.4. The smallest absolute Gasteiger partial charge is 0.220 e. The number of rotatable bonds is 41. The van der Waals surface area contributed by atoms with Crippen LogP contribution >= 0.6 is 0 Å². The Labute approximate surface area is 600 Å². The molecule has 0 radical (unpaired) electrons. The van der Waals surface area contributed by atoms with Gasteiger partial charge in [0.15, 0.2) is 25.2 Å². The molecule has 0 saturated carbocycles. The lowest BCUT2D eigenvalue weighted by Crippen LogP contribution is -2.73. The minimum atomic E-state index is -3.51. The zero-order chi connectivity index (χ0) is 75.2. The number of quaternary nitrogens is 1. The summed E-state index contributed by atoms with van der Waals surface area (Å²) in [5.74, 6) is -8.22. The Hall–Kier alpha value is -4.84. The Morgan fingerprint density at radius 2 is 1.12 bits per heavy atom. The van der Waals surface area contributed by atoms with E-state index in [9.17, 15) is 106 Å². The first-order valence-corrected chi connectivity index (χ1v) is 35.4. The fourth-order valence-electron chi connectivity index (χ4n) is 13.3. The summed E-state index contributed by atoms with van der Waals surface area (Å²) in [6, 6.07) is 1.96. The summed E-state index contributed by atoms with van der Waals surface area (Å²) in [6.07, 6.45) is -32.2. The van der Waals surface area contributed by atoms with Crippen LogP contribution < -0.4 is 27.2 Å². The normalized spacial score (nSPS) is 35.2. The van der Waals surface area contributed by atoms with Gasteiger partial charge in [-0.1, -0.05) is 114 Å². The first-order chi connectivity index (χ1) is 49.3. The van der Waals surface area contributed by atoms with Gasteiger partial charge in [-0.05, 0) is 24.6 Å². The van der Waals surface area contributed by atoms with Crippen LogP contribution in [-0.2, 0) is 66.5 Å². The zero-order valence-electron chi connectivity index (χ0n) is 58.9. The molecule has 5 aliphatic rings. The number of hydrogen-bond donors (Lipinski definition) is 20. The van der Waals surface area contributed by atoms with E-state index >= 15 is 0 Å². The molecule has 0 bridgehead atoms. The van der Waals surface area contributed by atoms with Crippen molar-refractivity contribution in [3.8, 4) is 0 Å². The van der Waals surface area contributed by atoms with E-state index in [0.29, 0.717) is 17.5 Å². The van der Waals surface area contributed by atoms with Gasteiger partial charge in [0.25, 0.3) is 0 Å². The standard InChI is InChI=1S/C66H108N6O31.H3N/c1-4-5-6-7-8-9-10-11-12-13-14-15-16-17-18-23-45(83)69-36(38(80)24-25-72-37-22-20-19-21-35(37)70-71-72)32-94-62-54(90)52(88)56(43(30-76)97-62)99-64-55(91)60(103-66(65(92)93)26-39(81)46(67-33(2)78)59(102-66)48(84)40(82)27-73)57(44(31-77)98-64)100-61-47(68-34(3)79)58(50(86)42(29-75)95-61)101-63-53(89)51(87)49(85)41(28-74)96-63;/h19-22,24-25,36,38-44,46-64,73-77,80-82,84-91H,4-18,23,26-32H2,1-3H3,(H,67,78)(H,68,79)(H,69,83)(H,92,93);1H3/b25-24+;/t36-,38+,39-,40+,41+,42+,43+,44+,46?,47+,48+,49-,50-,51-,52+,53+,54+,55+,56+,57-,58+,59?,60+,61-,62+,63-,64-,66-;/m0./s1. The van der Waals surface area contributed by atoms with Gasteiger partial charge in [-0.2, -0.15) is 0 Å². The molecule has 596 valence electrons. The van der Waals surface area contributed by atoms with Crippen molar-refractivity contribution < 1.29 is 153 Å². The van der Waals surface area contributed by atoms with Crippen LogP contribution in [0.1, 0.15) is 130 Å². The largest absolute Gasteiger partial charge is 0.544 e. The van der Waals surface area contributed by atoms with Crippen LogP contribution in [-0.4, -0.2) is 331 Å². The van der Waals surface area contributed by atoms with E-state index in [0.717, 1.165) is 46.0 Å². The number of para-hydroxylation sites is 1. The second-order valence-corrected chi connectivity index (χ2v) is 26.9. The van der Waals surface area contributed by atoms with E-state index in [4.69, 9.17) is 47.4 Å². The summed E-state index contributed by atoms with van der Waals surface area (Å²) >= 11 is 0. The van der Waals surface area contributed by atoms with Crippen LogP contribution in [0.15, 0.2) is 30.3 Å². The highest BCUT2D eigenvalue weighted by atomic mass is 16.8. The Balaban J connectivity index is 0.0000170. The van der Waals surface area contributed by atoms with E-state index in [-0.39, 0.29) is 12.6 Å². The van der Waals surface area contributed by atoms with Gasteiger partial charge in [0.05, 0.1) is 69.4 Å².